The third-order valence-corrected chi connectivity index (χ3v) is 3.85. The summed E-state index contributed by atoms with van der Waals surface area (Å²) in [6.45, 7) is 2.33. The molecule has 0 unspecified atom stereocenters. The molecule has 1 amide bonds. The van der Waals surface area contributed by atoms with Gasteiger partial charge in [-0.25, -0.2) is 9.97 Å². The normalized spacial score (nSPS) is 10.6. The highest BCUT2D eigenvalue weighted by molar-refractivity contribution is 5.92. The van der Waals surface area contributed by atoms with Crippen LogP contribution in [0.3, 0.4) is 0 Å². The summed E-state index contributed by atoms with van der Waals surface area (Å²) < 4.78 is 5.31. The summed E-state index contributed by atoms with van der Waals surface area (Å²) in [6.07, 6.45) is 4.78. The van der Waals surface area contributed by atoms with Crippen LogP contribution in [-0.4, -0.2) is 61.6 Å². The Morgan fingerprint density at radius 1 is 1.15 bits per heavy atom. The molecule has 2 rings (SSSR count). The van der Waals surface area contributed by atoms with E-state index in [1.165, 1.54) is 6.20 Å². The summed E-state index contributed by atoms with van der Waals surface area (Å²) in [4.78, 5) is 22.7. The zero-order valence-electron chi connectivity index (χ0n) is 15.7. The molecular weight excluding hydrogens is 330 g/mol. The van der Waals surface area contributed by atoms with E-state index in [0.29, 0.717) is 24.5 Å². The van der Waals surface area contributed by atoms with Gasteiger partial charge in [0.25, 0.3) is 5.91 Å². The van der Waals surface area contributed by atoms with Crippen molar-refractivity contribution in [3.63, 3.8) is 0 Å². The molecule has 7 heteroatoms. The van der Waals surface area contributed by atoms with E-state index in [-0.39, 0.29) is 5.91 Å². The molecule has 2 aromatic rings. The lowest BCUT2D eigenvalue weighted by Crippen LogP contribution is -2.26. The van der Waals surface area contributed by atoms with Crippen LogP contribution in [0.15, 0.2) is 36.7 Å². The smallest absolute Gasteiger partial charge is 0.271 e. The first kappa shape index (κ1) is 19.7. The van der Waals surface area contributed by atoms with Gasteiger partial charge in [0, 0.05) is 13.1 Å². The molecule has 7 nitrogen and oxygen atoms in total. The number of methoxy groups -OCH3 is 1. The standard InChI is InChI=1S/C19H27N5O2/c1-24(2)12-6-10-20-18-14-22-16(13-23-18)19(25)21-11-9-15-7-4-5-8-17(15)26-3/h4-5,7-8,13-14H,6,9-12H2,1-3H3,(H,20,23)(H,21,25). The van der Waals surface area contributed by atoms with Crippen molar-refractivity contribution in [2.24, 2.45) is 0 Å². The van der Waals surface area contributed by atoms with Crippen molar-refractivity contribution in [2.75, 3.05) is 46.2 Å². The molecule has 0 spiro atoms. The van der Waals surface area contributed by atoms with E-state index in [9.17, 15) is 4.79 Å². The number of para-hydroxylation sites is 1. The molecule has 0 aliphatic carbocycles. The molecule has 140 valence electrons. The van der Waals surface area contributed by atoms with Gasteiger partial charge in [-0.15, -0.1) is 0 Å². The number of ether oxygens (including phenoxy) is 1. The van der Waals surface area contributed by atoms with Gasteiger partial charge in [-0.3, -0.25) is 4.79 Å². The molecule has 0 aliphatic heterocycles. The summed E-state index contributed by atoms with van der Waals surface area (Å²) in [6, 6.07) is 7.77. The van der Waals surface area contributed by atoms with Gasteiger partial charge < -0.3 is 20.3 Å². The van der Waals surface area contributed by atoms with Gasteiger partial charge in [0.2, 0.25) is 0 Å². The fourth-order valence-electron chi connectivity index (χ4n) is 2.46. The first-order chi connectivity index (χ1) is 12.6. The van der Waals surface area contributed by atoms with Gasteiger partial charge in [0.1, 0.15) is 17.3 Å². The number of nitrogens with zero attached hydrogens (tertiary/aromatic N) is 3. The fourth-order valence-corrected chi connectivity index (χ4v) is 2.46. The van der Waals surface area contributed by atoms with Crippen molar-refractivity contribution >= 4 is 11.7 Å². The molecule has 0 aliphatic rings. The van der Waals surface area contributed by atoms with Crippen LogP contribution in [0, 0.1) is 0 Å². The topological polar surface area (TPSA) is 79.4 Å². The van der Waals surface area contributed by atoms with E-state index in [2.05, 4.69) is 25.5 Å². The van der Waals surface area contributed by atoms with Crippen molar-refractivity contribution in [3.05, 3.63) is 47.9 Å². The lowest BCUT2D eigenvalue weighted by atomic mass is 10.1. The molecule has 0 bridgehead atoms. The molecule has 1 aromatic heterocycles. The quantitative estimate of drug-likeness (QED) is 0.632. The molecule has 0 atom stereocenters. The third-order valence-electron chi connectivity index (χ3n) is 3.85. The first-order valence-electron chi connectivity index (χ1n) is 8.71. The highest BCUT2D eigenvalue weighted by Crippen LogP contribution is 2.17. The Morgan fingerprint density at radius 2 is 1.96 bits per heavy atom. The second-order valence-electron chi connectivity index (χ2n) is 6.19. The molecule has 0 saturated carbocycles. The predicted molar refractivity (Wildman–Crippen MR) is 103 cm³/mol. The van der Waals surface area contributed by atoms with Gasteiger partial charge in [-0.2, -0.15) is 0 Å². The molecule has 1 heterocycles. The Morgan fingerprint density at radius 3 is 2.65 bits per heavy atom. The maximum atomic E-state index is 12.2. The van der Waals surface area contributed by atoms with Crippen LogP contribution in [0.1, 0.15) is 22.5 Å². The molecule has 2 N–H and O–H groups in total. The van der Waals surface area contributed by atoms with Crippen LogP contribution in [0.4, 0.5) is 5.82 Å². The number of amides is 1. The van der Waals surface area contributed by atoms with Crippen LogP contribution in [0.2, 0.25) is 0 Å². The lowest BCUT2D eigenvalue weighted by Gasteiger charge is -2.10. The average Bonchev–Trinajstić information content (AvgIpc) is 2.66. The van der Waals surface area contributed by atoms with Crippen molar-refractivity contribution in [1.29, 1.82) is 0 Å². The summed E-state index contributed by atoms with van der Waals surface area (Å²) in [7, 11) is 5.73. The van der Waals surface area contributed by atoms with Crippen molar-refractivity contribution in [3.8, 4) is 5.75 Å². The van der Waals surface area contributed by atoms with Crippen LogP contribution in [-0.2, 0) is 6.42 Å². The van der Waals surface area contributed by atoms with Crippen LogP contribution in [0.25, 0.3) is 0 Å². The highest BCUT2D eigenvalue weighted by Gasteiger charge is 2.08. The van der Waals surface area contributed by atoms with Gasteiger partial charge in [-0.1, -0.05) is 18.2 Å². The van der Waals surface area contributed by atoms with Crippen molar-refractivity contribution in [2.45, 2.75) is 12.8 Å². The van der Waals surface area contributed by atoms with Gasteiger partial charge in [0.15, 0.2) is 0 Å². The summed E-state index contributed by atoms with van der Waals surface area (Å²) in [5.74, 6) is 1.27. The highest BCUT2D eigenvalue weighted by atomic mass is 16.5. The van der Waals surface area contributed by atoms with Crippen LogP contribution >= 0.6 is 0 Å². The molecule has 0 radical (unpaired) electrons. The average molecular weight is 357 g/mol. The summed E-state index contributed by atoms with van der Waals surface area (Å²) >= 11 is 0. The number of nitrogens with one attached hydrogen (secondary N) is 2. The van der Waals surface area contributed by atoms with Crippen LogP contribution < -0.4 is 15.4 Å². The number of hydrogen-bond donors (Lipinski definition) is 2. The van der Waals surface area contributed by atoms with E-state index in [1.807, 2.05) is 38.4 Å². The van der Waals surface area contributed by atoms with Gasteiger partial charge in [-0.05, 0) is 45.1 Å². The molecule has 0 saturated heterocycles. The number of benzene rings is 1. The van der Waals surface area contributed by atoms with Gasteiger partial charge >= 0.3 is 0 Å². The monoisotopic (exact) mass is 357 g/mol. The predicted octanol–water partition coefficient (Wildman–Crippen LogP) is 1.82. The number of carbonyl (C=O) groups excluding carboxylic acids is 1. The number of aromatic nitrogens is 2. The van der Waals surface area contributed by atoms with E-state index in [4.69, 9.17) is 4.74 Å². The fraction of sp³-hybridized carbons (Fsp3) is 0.421. The number of hydrogen-bond acceptors (Lipinski definition) is 6. The molecule has 1 aromatic carbocycles. The Balaban J connectivity index is 1.77. The number of anilines is 1. The number of carbonyl (C=O) groups is 1. The van der Waals surface area contributed by atoms with Gasteiger partial charge in [0.05, 0.1) is 19.5 Å². The SMILES string of the molecule is COc1ccccc1CCNC(=O)c1cnc(NCCCN(C)C)cn1. The van der Waals surface area contributed by atoms with E-state index >= 15 is 0 Å². The van der Waals surface area contributed by atoms with E-state index < -0.39 is 0 Å². The summed E-state index contributed by atoms with van der Waals surface area (Å²) in [5.41, 5.74) is 1.36. The summed E-state index contributed by atoms with van der Waals surface area (Å²) in [5, 5.41) is 6.06. The Hall–Kier alpha value is -2.67. The Kier molecular flexibility index (Phi) is 7.82. The lowest BCUT2D eigenvalue weighted by molar-refractivity contribution is 0.0948. The van der Waals surface area contributed by atoms with Crippen molar-refractivity contribution in [1.82, 2.24) is 20.2 Å². The maximum Gasteiger partial charge on any atom is 0.271 e. The molecular formula is C19H27N5O2. The zero-order chi connectivity index (χ0) is 18.8. The maximum absolute atomic E-state index is 12.2. The largest absolute Gasteiger partial charge is 0.496 e. The number of rotatable bonds is 10. The first-order valence-corrected chi connectivity index (χ1v) is 8.71. The minimum atomic E-state index is -0.230. The third kappa shape index (κ3) is 6.33. The van der Waals surface area contributed by atoms with Crippen LogP contribution in [0.5, 0.6) is 5.75 Å². The zero-order valence-corrected chi connectivity index (χ0v) is 15.7. The molecule has 26 heavy (non-hydrogen) atoms. The minimum Gasteiger partial charge on any atom is -0.496 e. The van der Waals surface area contributed by atoms with E-state index in [0.717, 1.165) is 30.8 Å². The minimum absolute atomic E-state index is 0.230. The second-order valence-corrected chi connectivity index (χ2v) is 6.19. The Labute approximate surface area is 154 Å². The second kappa shape index (κ2) is 10.4. The van der Waals surface area contributed by atoms with E-state index in [1.54, 1.807) is 13.3 Å². The molecule has 0 fully saturated rings. The Bertz CT molecular complexity index is 689. The van der Waals surface area contributed by atoms with Crippen molar-refractivity contribution < 1.29 is 9.53 Å².